The number of rotatable bonds is 9. The highest BCUT2D eigenvalue weighted by Gasteiger charge is 2.22. The van der Waals surface area contributed by atoms with Crippen molar-refractivity contribution in [2.24, 2.45) is 11.7 Å². The predicted molar refractivity (Wildman–Crippen MR) is 83.3 cm³/mol. The fourth-order valence-electron chi connectivity index (χ4n) is 1.67. The summed E-state index contributed by atoms with van der Waals surface area (Å²) in [7, 11) is 0. The van der Waals surface area contributed by atoms with Crippen LogP contribution in [0.5, 0.6) is 0 Å². The first kappa shape index (κ1) is 20.8. The summed E-state index contributed by atoms with van der Waals surface area (Å²) in [5, 5.41) is 16.1. The Morgan fingerprint density at radius 1 is 1.00 bits per heavy atom. The molecule has 3 amide bonds. The molecule has 6 N–H and O–H groups in total. The van der Waals surface area contributed by atoms with Crippen LogP contribution >= 0.6 is 0 Å². The normalized spacial score (nSPS) is 14.5. The van der Waals surface area contributed by atoms with E-state index in [-0.39, 0.29) is 18.9 Å². The maximum atomic E-state index is 11.7. The van der Waals surface area contributed by atoms with E-state index < -0.39 is 41.8 Å². The second-order valence-corrected chi connectivity index (χ2v) is 5.82. The van der Waals surface area contributed by atoms with Crippen molar-refractivity contribution in [3.05, 3.63) is 0 Å². The molecule has 0 fully saturated rings. The molecular weight excluding hydrogens is 304 g/mol. The molecule has 0 spiro atoms. The van der Waals surface area contributed by atoms with Crippen molar-refractivity contribution in [2.75, 3.05) is 6.54 Å². The van der Waals surface area contributed by atoms with E-state index in [4.69, 9.17) is 10.8 Å². The first-order valence-electron chi connectivity index (χ1n) is 7.40. The molecule has 0 aliphatic carbocycles. The molecule has 0 saturated heterocycles. The Morgan fingerprint density at radius 3 is 2.00 bits per heavy atom. The number of nitrogens with one attached hydrogen (secondary N) is 3. The minimum atomic E-state index is -1.13. The van der Waals surface area contributed by atoms with Crippen LogP contribution in [0.25, 0.3) is 0 Å². The van der Waals surface area contributed by atoms with Gasteiger partial charge in [-0.2, -0.15) is 0 Å². The van der Waals surface area contributed by atoms with Crippen LogP contribution in [-0.2, 0) is 19.2 Å². The average molecular weight is 330 g/mol. The summed E-state index contributed by atoms with van der Waals surface area (Å²) in [4.78, 5) is 45.8. The van der Waals surface area contributed by atoms with Gasteiger partial charge in [0, 0.05) is 0 Å². The van der Waals surface area contributed by atoms with Gasteiger partial charge in [0.15, 0.2) is 0 Å². The monoisotopic (exact) mass is 330 g/mol. The molecule has 3 atom stereocenters. The number of carbonyl (C=O) groups excluding carboxylic acids is 3. The summed E-state index contributed by atoms with van der Waals surface area (Å²) < 4.78 is 0. The van der Waals surface area contributed by atoms with Crippen molar-refractivity contribution in [3.63, 3.8) is 0 Å². The van der Waals surface area contributed by atoms with Crippen molar-refractivity contribution in [3.8, 4) is 0 Å². The van der Waals surface area contributed by atoms with E-state index in [1.165, 1.54) is 13.8 Å². The van der Waals surface area contributed by atoms with Gasteiger partial charge in [0.1, 0.15) is 12.1 Å². The number of carboxylic acids is 1. The van der Waals surface area contributed by atoms with Crippen molar-refractivity contribution in [2.45, 2.75) is 52.2 Å². The van der Waals surface area contributed by atoms with Gasteiger partial charge in [-0.25, -0.2) is 4.79 Å². The molecule has 0 aromatic carbocycles. The Bertz CT molecular complexity index is 450. The zero-order valence-corrected chi connectivity index (χ0v) is 13.9. The number of carboxylic acid groups (broad SMARTS) is 1. The summed E-state index contributed by atoms with van der Waals surface area (Å²) in [6.45, 7) is 6.24. The zero-order chi connectivity index (χ0) is 18.2. The summed E-state index contributed by atoms with van der Waals surface area (Å²) in [6, 6.07) is -2.61. The van der Waals surface area contributed by atoms with Crippen LogP contribution in [0.3, 0.4) is 0 Å². The van der Waals surface area contributed by atoms with E-state index in [1.807, 2.05) is 13.8 Å². The fourth-order valence-corrected chi connectivity index (χ4v) is 1.67. The van der Waals surface area contributed by atoms with Crippen LogP contribution in [0.1, 0.15) is 34.1 Å². The maximum absolute atomic E-state index is 11.7. The van der Waals surface area contributed by atoms with E-state index in [0.29, 0.717) is 0 Å². The molecule has 0 rings (SSSR count). The lowest BCUT2D eigenvalue weighted by Crippen LogP contribution is -2.52. The highest BCUT2D eigenvalue weighted by Crippen LogP contribution is 2.04. The van der Waals surface area contributed by atoms with Gasteiger partial charge in [0.25, 0.3) is 0 Å². The van der Waals surface area contributed by atoms with Gasteiger partial charge < -0.3 is 26.8 Å². The van der Waals surface area contributed by atoms with E-state index in [0.717, 1.165) is 0 Å². The zero-order valence-electron chi connectivity index (χ0n) is 13.9. The summed E-state index contributed by atoms with van der Waals surface area (Å²) in [6.07, 6.45) is 0.288. The fraction of sp³-hybridized carbons (Fsp3) is 0.714. The first-order valence-corrected chi connectivity index (χ1v) is 7.40. The Morgan fingerprint density at radius 2 is 1.57 bits per heavy atom. The number of hydrogen-bond acceptors (Lipinski definition) is 5. The third-order valence-corrected chi connectivity index (χ3v) is 2.93. The second kappa shape index (κ2) is 9.78. The first-order chi connectivity index (χ1) is 10.5. The molecule has 0 aromatic heterocycles. The summed E-state index contributed by atoms with van der Waals surface area (Å²) in [5.41, 5.74) is 5.37. The van der Waals surface area contributed by atoms with Crippen LogP contribution in [0.2, 0.25) is 0 Å². The van der Waals surface area contributed by atoms with E-state index >= 15 is 0 Å². The molecule has 0 aromatic rings. The smallest absolute Gasteiger partial charge is 0.326 e. The molecule has 132 valence electrons. The lowest BCUT2D eigenvalue weighted by Gasteiger charge is -2.18. The minimum Gasteiger partial charge on any atom is -0.480 e. The predicted octanol–water partition coefficient (Wildman–Crippen LogP) is -1.43. The number of aliphatic carboxylic acids is 1. The van der Waals surface area contributed by atoms with Crippen molar-refractivity contribution >= 4 is 23.7 Å². The van der Waals surface area contributed by atoms with Crippen molar-refractivity contribution < 1.29 is 24.3 Å². The molecular formula is C14H26N4O5. The Labute approximate surface area is 135 Å². The van der Waals surface area contributed by atoms with Crippen LogP contribution in [0.4, 0.5) is 0 Å². The Hall–Kier alpha value is -2.16. The third kappa shape index (κ3) is 8.77. The van der Waals surface area contributed by atoms with Gasteiger partial charge in [0.05, 0.1) is 12.6 Å². The number of carbonyl (C=O) groups is 4. The average Bonchev–Trinajstić information content (AvgIpc) is 2.42. The molecule has 3 unspecified atom stereocenters. The molecule has 0 bridgehead atoms. The largest absolute Gasteiger partial charge is 0.480 e. The van der Waals surface area contributed by atoms with Crippen molar-refractivity contribution in [1.29, 1.82) is 0 Å². The molecule has 0 heterocycles. The van der Waals surface area contributed by atoms with Crippen LogP contribution < -0.4 is 21.7 Å². The Kier molecular flexibility index (Phi) is 8.86. The third-order valence-electron chi connectivity index (χ3n) is 2.93. The SMILES string of the molecule is CC(C)CC(NC(=O)CNC(=O)C(C)NC(=O)C(C)N)C(=O)O. The highest BCUT2D eigenvalue weighted by atomic mass is 16.4. The molecule has 0 aliphatic rings. The lowest BCUT2D eigenvalue weighted by molar-refractivity contribution is -0.142. The molecule has 0 aliphatic heterocycles. The van der Waals surface area contributed by atoms with Crippen LogP contribution in [0.15, 0.2) is 0 Å². The second-order valence-electron chi connectivity index (χ2n) is 5.82. The standard InChI is InChI=1S/C14H26N4O5/c1-7(2)5-10(14(22)23)18-11(19)6-16-13(21)9(4)17-12(20)8(3)15/h7-10H,5-6,15H2,1-4H3,(H,16,21)(H,17,20)(H,18,19)(H,22,23). The number of hydrogen-bond donors (Lipinski definition) is 5. The topological polar surface area (TPSA) is 151 Å². The number of amides is 3. The van der Waals surface area contributed by atoms with Gasteiger partial charge in [-0.1, -0.05) is 13.8 Å². The van der Waals surface area contributed by atoms with E-state index in [1.54, 1.807) is 0 Å². The molecule has 9 heteroatoms. The van der Waals surface area contributed by atoms with Crippen LogP contribution in [-0.4, -0.2) is 53.5 Å². The van der Waals surface area contributed by atoms with E-state index in [9.17, 15) is 19.2 Å². The van der Waals surface area contributed by atoms with Gasteiger partial charge in [-0.05, 0) is 26.2 Å². The van der Waals surface area contributed by atoms with Crippen molar-refractivity contribution in [1.82, 2.24) is 16.0 Å². The van der Waals surface area contributed by atoms with Gasteiger partial charge >= 0.3 is 5.97 Å². The quantitative estimate of drug-likeness (QED) is 0.350. The molecule has 0 radical (unpaired) electrons. The Balaban J connectivity index is 4.33. The maximum Gasteiger partial charge on any atom is 0.326 e. The van der Waals surface area contributed by atoms with E-state index in [2.05, 4.69) is 16.0 Å². The summed E-state index contributed by atoms with van der Waals surface area (Å²) in [5.74, 6) is -2.70. The van der Waals surface area contributed by atoms with Gasteiger partial charge in [-0.3, -0.25) is 14.4 Å². The number of nitrogens with two attached hydrogens (primary N) is 1. The lowest BCUT2D eigenvalue weighted by atomic mass is 10.0. The molecule has 0 saturated carbocycles. The van der Waals surface area contributed by atoms with Gasteiger partial charge in [-0.15, -0.1) is 0 Å². The minimum absolute atomic E-state index is 0.0967. The molecule has 9 nitrogen and oxygen atoms in total. The molecule has 23 heavy (non-hydrogen) atoms. The van der Waals surface area contributed by atoms with Gasteiger partial charge in [0.2, 0.25) is 17.7 Å². The highest BCUT2D eigenvalue weighted by molar-refractivity contribution is 5.92. The summed E-state index contributed by atoms with van der Waals surface area (Å²) >= 11 is 0. The van der Waals surface area contributed by atoms with Crippen LogP contribution in [0, 0.1) is 5.92 Å².